The Hall–Kier alpha value is -4.04. The molecule has 0 fully saturated rings. The molecule has 3 aromatic carbocycles. The number of ether oxygens (including phenoxy) is 2. The zero-order chi connectivity index (χ0) is 28.6. The van der Waals surface area contributed by atoms with Crippen molar-refractivity contribution in [3.05, 3.63) is 70.2 Å². The molecule has 0 atom stereocenters. The van der Waals surface area contributed by atoms with Crippen LogP contribution in [0, 0.1) is 11.3 Å². The van der Waals surface area contributed by atoms with Crippen molar-refractivity contribution in [3.8, 4) is 28.8 Å². The van der Waals surface area contributed by atoms with Crippen LogP contribution in [0.1, 0.15) is 19.4 Å². The first-order valence-corrected chi connectivity index (χ1v) is 13.8. The molecule has 40 heavy (non-hydrogen) atoms. The van der Waals surface area contributed by atoms with Gasteiger partial charge in [-0.25, -0.2) is 4.98 Å². The summed E-state index contributed by atoms with van der Waals surface area (Å²) in [7, 11) is 3.03. The third kappa shape index (κ3) is 6.39. The summed E-state index contributed by atoms with van der Waals surface area (Å²) >= 11 is 14.0. The largest absolute Gasteiger partial charge is 0.494 e. The van der Waals surface area contributed by atoms with Gasteiger partial charge in [0.05, 0.1) is 35.9 Å². The highest BCUT2D eigenvalue weighted by Gasteiger charge is 2.18. The number of aromatic nitrogens is 1. The molecule has 0 bridgehead atoms. The number of nitrogens with zero attached hydrogens (tertiary/aromatic N) is 7. The van der Waals surface area contributed by atoms with Gasteiger partial charge in [0, 0.05) is 30.8 Å². The molecule has 4 aromatic rings. The molecular formula is C28H25Cl2N7O2S. The second-order valence-electron chi connectivity index (χ2n) is 8.18. The van der Waals surface area contributed by atoms with Crippen LogP contribution in [0.2, 0.25) is 10.0 Å². The van der Waals surface area contributed by atoms with E-state index in [0.29, 0.717) is 33.4 Å². The fourth-order valence-electron chi connectivity index (χ4n) is 3.73. The lowest BCUT2D eigenvalue weighted by atomic mass is 10.2. The molecule has 204 valence electrons. The first-order chi connectivity index (χ1) is 19.4. The monoisotopic (exact) mass is 593 g/mol. The molecule has 0 unspecified atom stereocenters. The van der Waals surface area contributed by atoms with E-state index in [1.807, 2.05) is 36.4 Å². The van der Waals surface area contributed by atoms with Gasteiger partial charge in [-0.3, -0.25) is 0 Å². The van der Waals surface area contributed by atoms with E-state index >= 15 is 0 Å². The predicted octanol–water partition coefficient (Wildman–Crippen LogP) is 9.68. The van der Waals surface area contributed by atoms with E-state index < -0.39 is 0 Å². The van der Waals surface area contributed by atoms with E-state index in [4.69, 9.17) is 42.9 Å². The Morgan fingerprint density at radius 3 is 1.98 bits per heavy atom. The van der Waals surface area contributed by atoms with Gasteiger partial charge in [0.15, 0.2) is 10.1 Å². The van der Waals surface area contributed by atoms with Gasteiger partial charge in [-0.1, -0.05) is 64.9 Å². The van der Waals surface area contributed by atoms with Gasteiger partial charge in [-0.15, -0.1) is 20.5 Å². The SMILES string of the molecule is CCN(CC)c1nc(-c2ccccc2)c(N=Nc2cc(OC)c(N=Nc3c(Cl)cc(C#N)cc3Cl)cc2OC)s1. The van der Waals surface area contributed by atoms with Gasteiger partial charge in [-0.05, 0) is 26.0 Å². The Balaban J connectivity index is 1.72. The molecule has 12 heteroatoms. The van der Waals surface area contributed by atoms with Crippen LogP contribution in [0.15, 0.2) is 75.1 Å². The van der Waals surface area contributed by atoms with Gasteiger partial charge in [-0.2, -0.15) is 5.26 Å². The maximum Gasteiger partial charge on any atom is 0.188 e. The molecular weight excluding hydrogens is 569 g/mol. The maximum atomic E-state index is 9.10. The number of benzene rings is 3. The van der Waals surface area contributed by atoms with Crippen molar-refractivity contribution in [3.63, 3.8) is 0 Å². The number of methoxy groups -OCH3 is 2. The predicted molar refractivity (Wildman–Crippen MR) is 160 cm³/mol. The van der Waals surface area contributed by atoms with E-state index in [9.17, 15) is 0 Å². The topological polar surface area (TPSA) is 108 Å². The van der Waals surface area contributed by atoms with Gasteiger partial charge < -0.3 is 14.4 Å². The molecule has 0 aliphatic carbocycles. The lowest BCUT2D eigenvalue weighted by Gasteiger charge is -2.16. The van der Waals surface area contributed by atoms with Gasteiger partial charge >= 0.3 is 0 Å². The van der Waals surface area contributed by atoms with Crippen molar-refractivity contribution >= 4 is 61.7 Å². The number of anilines is 1. The number of hydrogen-bond acceptors (Lipinski definition) is 10. The Kier molecular flexibility index (Phi) is 9.66. The van der Waals surface area contributed by atoms with Gasteiger partial charge in [0.2, 0.25) is 0 Å². The molecule has 1 heterocycles. The van der Waals surface area contributed by atoms with E-state index in [1.165, 1.54) is 37.7 Å². The fraction of sp³-hybridized carbons (Fsp3) is 0.214. The minimum atomic E-state index is 0.201. The molecule has 4 rings (SSSR count). The Bertz CT molecular complexity index is 1570. The minimum Gasteiger partial charge on any atom is -0.494 e. The fourth-order valence-corrected chi connectivity index (χ4v) is 5.33. The van der Waals surface area contributed by atoms with Gasteiger partial charge in [0.1, 0.15) is 34.3 Å². The highest BCUT2D eigenvalue weighted by molar-refractivity contribution is 7.19. The Morgan fingerprint density at radius 1 is 0.875 bits per heavy atom. The molecule has 0 radical (unpaired) electrons. The zero-order valence-electron chi connectivity index (χ0n) is 22.2. The molecule has 0 amide bonds. The molecule has 0 aliphatic heterocycles. The summed E-state index contributed by atoms with van der Waals surface area (Å²) < 4.78 is 11.1. The summed E-state index contributed by atoms with van der Waals surface area (Å²) in [4.78, 5) is 7.04. The molecule has 0 N–H and O–H groups in total. The number of rotatable bonds is 10. The van der Waals surface area contributed by atoms with Crippen LogP contribution in [0.5, 0.6) is 11.5 Å². The molecule has 0 saturated heterocycles. The van der Waals surface area contributed by atoms with E-state index in [-0.39, 0.29) is 15.7 Å². The normalized spacial score (nSPS) is 11.2. The Labute approximate surface area is 246 Å². The summed E-state index contributed by atoms with van der Waals surface area (Å²) in [5.41, 5.74) is 3.06. The third-order valence-electron chi connectivity index (χ3n) is 5.81. The van der Waals surface area contributed by atoms with Crippen LogP contribution >= 0.6 is 34.5 Å². The van der Waals surface area contributed by atoms with Crippen LogP contribution in [-0.2, 0) is 0 Å². The standard InChI is InChI=1S/C28H25Cl2N7O2S/c1-5-37(6-2)28-32-25(18-10-8-7-9-11-18)27(40-28)36-34-22-15-23(38-3)21(14-24(22)39-4)33-35-26-19(29)12-17(16-31)13-20(26)30/h7-15H,5-6H2,1-4H3. The zero-order valence-corrected chi connectivity index (χ0v) is 24.5. The van der Waals surface area contributed by atoms with Crippen LogP contribution in [0.4, 0.5) is 27.2 Å². The van der Waals surface area contributed by atoms with Crippen LogP contribution in [-0.4, -0.2) is 32.3 Å². The van der Waals surface area contributed by atoms with Crippen molar-refractivity contribution in [2.24, 2.45) is 20.5 Å². The number of nitriles is 1. The minimum absolute atomic E-state index is 0.201. The third-order valence-corrected chi connectivity index (χ3v) is 7.39. The highest BCUT2D eigenvalue weighted by atomic mass is 35.5. The van der Waals surface area contributed by atoms with Crippen molar-refractivity contribution in [2.45, 2.75) is 13.8 Å². The quantitative estimate of drug-likeness (QED) is 0.170. The summed E-state index contributed by atoms with van der Waals surface area (Å²) in [6, 6.07) is 18.1. The second-order valence-corrected chi connectivity index (χ2v) is 9.96. The summed E-state index contributed by atoms with van der Waals surface area (Å²) in [6.45, 7) is 5.84. The van der Waals surface area contributed by atoms with Crippen molar-refractivity contribution < 1.29 is 9.47 Å². The second kappa shape index (κ2) is 13.3. The van der Waals surface area contributed by atoms with Gasteiger partial charge in [0.25, 0.3) is 0 Å². The van der Waals surface area contributed by atoms with Crippen molar-refractivity contribution in [1.82, 2.24) is 4.98 Å². The Morgan fingerprint density at radius 2 is 1.45 bits per heavy atom. The lowest BCUT2D eigenvalue weighted by molar-refractivity contribution is 0.405. The lowest BCUT2D eigenvalue weighted by Crippen LogP contribution is -2.21. The average molecular weight is 595 g/mol. The molecule has 0 saturated carbocycles. The number of halogens is 2. The molecule has 0 spiro atoms. The van der Waals surface area contributed by atoms with E-state index in [2.05, 4.69) is 39.2 Å². The molecule has 9 nitrogen and oxygen atoms in total. The smallest absolute Gasteiger partial charge is 0.188 e. The highest BCUT2D eigenvalue weighted by Crippen LogP contribution is 2.44. The van der Waals surface area contributed by atoms with Crippen molar-refractivity contribution in [1.29, 1.82) is 5.26 Å². The number of hydrogen-bond donors (Lipinski definition) is 0. The summed E-state index contributed by atoms with van der Waals surface area (Å²) in [5, 5.41) is 28.6. The van der Waals surface area contributed by atoms with Crippen LogP contribution < -0.4 is 14.4 Å². The molecule has 1 aromatic heterocycles. The van der Waals surface area contributed by atoms with E-state index in [1.54, 1.807) is 12.1 Å². The van der Waals surface area contributed by atoms with Crippen molar-refractivity contribution in [2.75, 3.05) is 32.2 Å². The van der Waals surface area contributed by atoms with Crippen LogP contribution in [0.25, 0.3) is 11.3 Å². The van der Waals surface area contributed by atoms with Crippen LogP contribution in [0.3, 0.4) is 0 Å². The number of azo groups is 2. The summed E-state index contributed by atoms with van der Waals surface area (Å²) in [5.74, 6) is 0.793. The first-order valence-electron chi connectivity index (χ1n) is 12.2. The first kappa shape index (κ1) is 29.0. The van der Waals surface area contributed by atoms with E-state index in [0.717, 1.165) is 29.5 Å². The summed E-state index contributed by atoms with van der Waals surface area (Å²) in [6.07, 6.45) is 0. The molecule has 0 aliphatic rings. The average Bonchev–Trinajstić information content (AvgIpc) is 3.40. The number of thiazole rings is 1. The maximum absolute atomic E-state index is 9.10.